The topological polar surface area (TPSA) is 179 Å². The van der Waals surface area contributed by atoms with Crippen LogP contribution in [-0.4, -0.2) is 74.8 Å². The fraction of sp³-hybridized carbons (Fsp3) is 0.615. The number of anilines is 2. The van der Waals surface area contributed by atoms with Crippen molar-refractivity contribution >= 4 is 54.8 Å². The van der Waals surface area contributed by atoms with Gasteiger partial charge in [0.25, 0.3) is 0 Å². The third-order valence-electron chi connectivity index (χ3n) is 6.09. The number of hydrogen-bond acceptors (Lipinski definition) is 10. The smallest absolute Gasteiger partial charge is 0.306 e. The molecule has 1 rings (SSSR count). The van der Waals surface area contributed by atoms with E-state index in [2.05, 4.69) is 10.6 Å². The van der Waals surface area contributed by atoms with Gasteiger partial charge >= 0.3 is 11.9 Å². The summed E-state index contributed by atoms with van der Waals surface area (Å²) in [4.78, 5) is 48.7. The van der Waals surface area contributed by atoms with E-state index in [0.717, 1.165) is 0 Å². The van der Waals surface area contributed by atoms with E-state index in [4.69, 9.17) is 9.47 Å². The van der Waals surface area contributed by atoms with E-state index in [0.29, 0.717) is 0 Å². The molecular weight excluding hydrogens is 564 g/mol. The highest BCUT2D eigenvalue weighted by atomic mass is 32.2. The van der Waals surface area contributed by atoms with Gasteiger partial charge in [-0.05, 0) is 53.7 Å². The van der Waals surface area contributed by atoms with Gasteiger partial charge in [0.05, 0.1) is 58.4 Å². The van der Waals surface area contributed by atoms with Crippen LogP contribution in [0.15, 0.2) is 24.3 Å². The number of carbonyl (C=O) groups excluding carboxylic acids is 4. The molecule has 226 valence electrons. The minimum absolute atomic E-state index is 0.128. The Kier molecular flexibility index (Phi) is 12.8. The highest BCUT2D eigenvalue weighted by Gasteiger charge is 2.38. The Morgan fingerprint density at radius 2 is 1.00 bits per heavy atom. The van der Waals surface area contributed by atoms with Gasteiger partial charge in [0.15, 0.2) is 19.7 Å². The molecule has 0 aliphatic carbocycles. The van der Waals surface area contributed by atoms with Crippen molar-refractivity contribution in [2.75, 3.05) is 35.4 Å². The summed E-state index contributed by atoms with van der Waals surface area (Å²) >= 11 is 0. The van der Waals surface area contributed by atoms with Crippen molar-refractivity contribution in [1.29, 1.82) is 0 Å². The minimum atomic E-state index is -3.85. The Bertz CT molecular complexity index is 1190. The third kappa shape index (κ3) is 10.5. The monoisotopic (exact) mass is 604 g/mol. The first-order chi connectivity index (χ1) is 18.4. The Hall–Kier alpha value is -3.00. The van der Waals surface area contributed by atoms with Crippen LogP contribution in [0.2, 0.25) is 0 Å². The first-order valence-electron chi connectivity index (χ1n) is 12.8. The molecule has 0 bridgehead atoms. The van der Waals surface area contributed by atoms with Crippen LogP contribution in [0.5, 0.6) is 0 Å². The molecule has 0 atom stereocenters. The van der Waals surface area contributed by atoms with E-state index in [1.54, 1.807) is 26.0 Å². The van der Waals surface area contributed by atoms with Crippen molar-refractivity contribution < 1.29 is 45.5 Å². The van der Waals surface area contributed by atoms with Crippen molar-refractivity contribution in [2.45, 2.75) is 76.7 Å². The lowest BCUT2D eigenvalue weighted by Crippen LogP contribution is -2.39. The molecule has 0 aromatic heterocycles. The average molecular weight is 605 g/mol. The minimum Gasteiger partial charge on any atom is -0.466 e. The number of rotatable bonds is 16. The molecule has 0 saturated heterocycles. The van der Waals surface area contributed by atoms with Gasteiger partial charge in [-0.25, -0.2) is 16.8 Å². The molecule has 0 radical (unpaired) electrons. The molecule has 2 amide bonds. The van der Waals surface area contributed by atoms with Crippen LogP contribution in [-0.2, 0) is 48.3 Å². The standard InChI is InChI=1S/C26H40N2O10S2/c1-7-37-23(31)13-15-39(33,34)25(3,4)17-21(29)27-19-11-9-10-12-20(19)28-22(30)18-26(5,6)40(35,36)16-14-24(32)38-8-2/h9-12H,7-8,13-18H2,1-6H3,(H,27,29)(H,28,30). The van der Waals surface area contributed by atoms with Crippen molar-refractivity contribution in [3.05, 3.63) is 24.3 Å². The van der Waals surface area contributed by atoms with Crippen LogP contribution in [0, 0.1) is 0 Å². The fourth-order valence-electron chi connectivity index (χ4n) is 3.54. The van der Waals surface area contributed by atoms with E-state index < -0.39 is 77.3 Å². The molecule has 12 nitrogen and oxygen atoms in total. The number of sulfone groups is 2. The van der Waals surface area contributed by atoms with E-state index in [1.165, 1.54) is 39.8 Å². The lowest BCUT2D eigenvalue weighted by atomic mass is 10.1. The van der Waals surface area contributed by atoms with E-state index >= 15 is 0 Å². The quantitative estimate of drug-likeness (QED) is 0.266. The van der Waals surface area contributed by atoms with Gasteiger partial charge < -0.3 is 20.1 Å². The predicted molar refractivity (Wildman–Crippen MR) is 151 cm³/mol. The molecule has 1 aromatic carbocycles. The Morgan fingerprint density at radius 1 is 0.675 bits per heavy atom. The molecule has 0 heterocycles. The highest BCUT2D eigenvalue weighted by Crippen LogP contribution is 2.28. The predicted octanol–water partition coefficient (Wildman–Crippen LogP) is 2.64. The summed E-state index contributed by atoms with van der Waals surface area (Å²) in [5.74, 6) is -3.53. The molecule has 14 heteroatoms. The SMILES string of the molecule is CCOC(=O)CCS(=O)(=O)C(C)(C)CC(=O)Nc1ccccc1NC(=O)CC(C)(C)S(=O)(=O)CCC(=O)OCC. The lowest BCUT2D eigenvalue weighted by molar-refractivity contribution is -0.143. The molecule has 40 heavy (non-hydrogen) atoms. The second-order valence-corrected chi connectivity index (χ2v) is 15.7. The third-order valence-corrected chi connectivity index (χ3v) is 11.2. The summed E-state index contributed by atoms with van der Waals surface area (Å²) in [5, 5.41) is 5.18. The van der Waals surface area contributed by atoms with Gasteiger partial charge in [0.1, 0.15) is 0 Å². The maximum absolute atomic E-state index is 12.8. The zero-order valence-corrected chi connectivity index (χ0v) is 25.5. The Balaban J connectivity index is 2.90. The van der Waals surface area contributed by atoms with E-state index in [-0.39, 0.29) is 37.4 Å². The van der Waals surface area contributed by atoms with Crippen LogP contribution in [0.1, 0.15) is 67.2 Å². The zero-order chi connectivity index (χ0) is 30.8. The first-order valence-corrected chi connectivity index (χ1v) is 16.1. The van der Waals surface area contributed by atoms with Crippen molar-refractivity contribution in [3.63, 3.8) is 0 Å². The van der Waals surface area contributed by atoms with Crippen LogP contribution in [0.3, 0.4) is 0 Å². The summed E-state index contributed by atoms with van der Waals surface area (Å²) in [7, 11) is -7.71. The Labute approximate surface area is 236 Å². The molecule has 1 aromatic rings. The maximum Gasteiger partial charge on any atom is 0.306 e. The molecule has 0 spiro atoms. The molecular formula is C26H40N2O10S2. The van der Waals surface area contributed by atoms with Gasteiger partial charge in [0, 0.05) is 12.8 Å². The molecule has 0 unspecified atom stereocenters. The summed E-state index contributed by atoms with van der Waals surface area (Å²) in [6.45, 7) is 9.00. The largest absolute Gasteiger partial charge is 0.466 e. The summed E-state index contributed by atoms with van der Waals surface area (Å²) in [6, 6.07) is 6.18. The normalized spacial score (nSPS) is 12.3. The molecule has 0 saturated carbocycles. The second-order valence-electron chi connectivity index (χ2n) is 10.3. The zero-order valence-electron chi connectivity index (χ0n) is 23.9. The van der Waals surface area contributed by atoms with Gasteiger partial charge in [-0.3, -0.25) is 19.2 Å². The van der Waals surface area contributed by atoms with Gasteiger partial charge in [0.2, 0.25) is 11.8 Å². The van der Waals surface area contributed by atoms with E-state index in [1.807, 2.05) is 0 Å². The summed E-state index contributed by atoms with van der Waals surface area (Å²) in [6.07, 6.45) is -1.51. The number of ether oxygens (including phenoxy) is 2. The number of esters is 2. The first kappa shape index (κ1) is 35.0. The van der Waals surface area contributed by atoms with Crippen molar-refractivity contribution in [3.8, 4) is 0 Å². The molecule has 0 aliphatic heterocycles. The highest BCUT2D eigenvalue weighted by molar-refractivity contribution is 7.93. The van der Waals surface area contributed by atoms with Gasteiger partial charge in [-0.1, -0.05) is 12.1 Å². The van der Waals surface area contributed by atoms with Gasteiger partial charge in [-0.2, -0.15) is 0 Å². The van der Waals surface area contributed by atoms with Crippen molar-refractivity contribution in [2.24, 2.45) is 0 Å². The van der Waals surface area contributed by atoms with Crippen LogP contribution < -0.4 is 10.6 Å². The Morgan fingerprint density at radius 3 is 1.30 bits per heavy atom. The number of nitrogens with one attached hydrogen (secondary N) is 2. The fourth-order valence-corrected chi connectivity index (χ4v) is 6.22. The number of carbonyl (C=O) groups is 4. The second kappa shape index (κ2) is 14.6. The molecule has 0 fully saturated rings. The van der Waals surface area contributed by atoms with Gasteiger partial charge in [-0.15, -0.1) is 0 Å². The summed E-state index contributed by atoms with van der Waals surface area (Å²) < 4.78 is 57.6. The lowest BCUT2D eigenvalue weighted by Gasteiger charge is -2.25. The van der Waals surface area contributed by atoms with Crippen molar-refractivity contribution in [1.82, 2.24) is 0 Å². The van der Waals surface area contributed by atoms with Crippen LogP contribution in [0.25, 0.3) is 0 Å². The number of benzene rings is 1. The van der Waals surface area contributed by atoms with Crippen LogP contribution >= 0.6 is 0 Å². The molecule has 2 N–H and O–H groups in total. The number of hydrogen-bond donors (Lipinski definition) is 2. The summed E-state index contributed by atoms with van der Waals surface area (Å²) in [5.41, 5.74) is 0.368. The van der Waals surface area contributed by atoms with E-state index in [9.17, 15) is 36.0 Å². The maximum atomic E-state index is 12.8. The number of amides is 2. The average Bonchev–Trinajstić information content (AvgIpc) is 2.82. The molecule has 0 aliphatic rings. The van der Waals surface area contributed by atoms with Crippen LogP contribution in [0.4, 0.5) is 11.4 Å². The number of para-hydroxylation sites is 2.